The summed E-state index contributed by atoms with van der Waals surface area (Å²) in [5.74, 6) is 0.322. The summed E-state index contributed by atoms with van der Waals surface area (Å²) in [5.41, 5.74) is 6.49. The fourth-order valence-corrected chi connectivity index (χ4v) is 1.62. The lowest BCUT2D eigenvalue weighted by Gasteiger charge is -2.06. The lowest BCUT2D eigenvalue weighted by molar-refractivity contribution is 0.626. The van der Waals surface area contributed by atoms with Crippen molar-refractivity contribution < 1.29 is 4.39 Å². The third-order valence-electron chi connectivity index (χ3n) is 2.20. The average molecular weight is 235 g/mol. The molecule has 1 aromatic heterocycles. The van der Waals surface area contributed by atoms with Crippen LogP contribution < -0.4 is 5.73 Å². The van der Waals surface area contributed by atoms with Crippen molar-refractivity contribution in [2.75, 3.05) is 0 Å². The molecule has 0 saturated heterocycles. The van der Waals surface area contributed by atoms with Crippen LogP contribution in [0.3, 0.4) is 0 Å². The molecule has 0 bridgehead atoms. The number of nitrogens with two attached hydrogens (primary N) is 1. The first-order chi connectivity index (χ1) is 7.66. The highest BCUT2D eigenvalue weighted by Gasteiger charge is 2.05. The van der Waals surface area contributed by atoms with Gasteiger partial charge in [0.15, 0.2) is 5.82 Å². The van der Waals surface area contributed by atoms with Crippen LogP contribution in [0.2, 0.25) is 0 Å². The molecule has 0 aliphatic carbocycles. The number of hydrogen-bond donors (Lipinski definition) is 1. The van der Waals surface area contributed by atoms with Crippen molar-refractivity contribution in [3.8, 4) is 0 Å². The molecule has 0 fully saturated rings. The van der Waals surface area contributed by atoms with Crippen LogP contribution in [0, 0.1) is 5.82 Å². The lowest BCUT2D eigenvalue weighted by Crippen LogP contribution is -2.17. The monoisotopic (exact) mass is 235 g/mol. The second-order valence-electron chi connectivity index (χ2n) is 3.37. The van der Waals surface area contributed by atoms with Crippen LogP contribution in [0.5, 0.6) is 0 Å². The molecule has 1 heterocycles. The Hall–Kier alpha value is -1.75. The molecule has 0 atom stereocenters. The van der Waals surface area contributed by atoms with Crippen molar-refractivity contribution in [2.24, 2.45) is 5.73 Å². The van der Waals surface area contributed by atoms with Gasteiger partial charge in [-0.25, -0.2) is 9.37 Å². The normalized spacial score (nSPS) is 10.3. The zero-order chi connectivity index (χ0) is 11.5. The molecule has 2 rings (SSSR count). The second-order valence-corrected chi connectivity index (χ2v) is 3.81. The zero-order valence-corrected chi connectivity index (χ0v) is 9.25. The molecule has 5 heteroatoms. The van der Waals surface area contributed by atoms with Crippen molar-refractivity contribution in [1.82, 2.24) is 9.55 Å². The van der Waals surface area contributed by atoms with E-state index in [0.29, 0.717) is 12.4 Å². The molecule has 2 N–H and O–H groups in total. The van der Waals surface area contributed by atoms with Gasteiger partial charge in [0, 0.05) is 18.9 Å². The number of benzene rings is 1. The van der Waals surface area contributed by atoms with Crippen LogP contribution in [0.4, 0.5) is 4.39 Å². The van der Waals surface area contributed by atoms with E-state index in [0.717, 1.165) is 5.56 Å². The quantitative estimate of drug-likeness (QED) is 0.824. The Bertz CT molecular complexity index is 504. The minimum absolute atomic E-state index is 0.246. The minimum atomic E-state index is -0.246. The SMILES string of the molecule is NC(=S)c1nccn1Cc1ccc(F)cc1. The molecule has 0 radical (unpaired) electrons. The first-order valence-electron chi connectivity index (χ1n) is 4.72. The van der Waals surface area contributed by atoms with E-state index in [4.69, 9.17) is 18.0 Å². The maximum Gasteiger partial charge on any atom is 0.167 e. The highest BCUT2D eigenvalue weighted by Crippen LogP contribution is 2.07. The Morgan fingerprint density at radius 1 is 1.38 bits per heavy atom. The Labute approximate surface area is 97.7 Å². The van der Waals surface area contributed by atoms with Gasteiger partial charge in [-0.3, -0.25) is 0 Å². The Kier molecular flexibility index (Phi) is 2.96. The van der Waals surface area contributed by atoms with Gasteiger partial charge >= 0.3 is 0 Å². The molecule has 0 unspecified atom stereocenters. The molecule has 0 aliphatic rings. The van der Waals surface area contributed by atoms with E-state index >= 15 is 0 Å². The molecule has 2 aromatic rings. The van der Waals surface area contributed by atoms with Crippen LogP contribution in [0.15, 0.2) is 36.7 Å². The number of aromatic nitrogens is 2. The first kappa shape index (κ1) is 10.8. The minimum Gasteiger partial charge on any atom is -0.387 e. The van der Waals surface area contributed by atoms with Gasteiger partial charge in [0.1, 0.15) is 10.8 Å². The van der Waals surface area contributed by atoms with Crippen molar-refractivity contribution in [3.05, 3.63) is 53.9 Å². The fraction of sp³-hybridized carbons (Fsp3) is 0.0909. The molecule has 0 amide bonds. The van der Waals surface area contributed by atoms with Crippen LogP contribution in [0.1, 0.15) is 11.4 Å². The largest absolute Gasteiger partial charge is 0.387 e. The topological polar surface area (TPSA) is 43.8 Å². The standard InChI is InChI=1S/C11H10FN3S/c12-9-3-1-8(2-4-9)7-15-6-5-14-11(15)10(13)16/h1-6H,7H2,(H2,13,16). The number of imidazole rings is 1. The average Bonchev–Trinajstić information content (AvgIpc) is 2.69. The number of hydrogen-bond acceptors (Lipinski definition) is 2. The van der Waals surface area contributed by atoms with Gasteiger partial charge in [0.2, 0.25) is 0 Å². The lowest BCUT2D eigenvalue weighted by atomic mass is 10.2. The number of rotatable bonds is 3. The van der Waals surface area contributed by atoms with E-state index in [2.05, 4.69) is 4.98 Å². The number of thiocarbonyl (C=S) groups is 1. The smallest absolute Gasteiger partial charge is 0.167 e. The van der Waals surface area contributed by atoms with Crippen molar-refractivity contribution in [3.63, 3.8) is 0 Å². The summed E-state index contributed by atoms with van der Waals surface area (Å²) >= 11 is 4.87. The fourth-order valence-electron chi connectivity index (χ4n) is 1.45. The van der Waals surface area contributed by atoms with Gasteiger partial charge in [0.05, 0.1) is 0 Å². The third-order valence-corrected chi connectivity index (χ3v) is 2.38. The van der Waals surface area contributed by atoms with Crippen molar-refractivity contribution >= 4 is 17.2 Å². The summed E-state index contributed by atoms with van der Waals surface area (Å²) in [4.78, 5) is 4.31. The third kappa shape index (κ3) is 2.25. The predicted molar refractivity (Wildman–Crippen MR) is 63.6 cm³/mol. The molecule has 3 nitrogen and oxygen atoms in total. The first-order valence-corrected chi connectivity index (χ1v) is 5.13. The van der Waals surface area contributed by atoms with Crippen LogP contribution in [-0.4, -0.2) is 14.5 Å². The number of halogens is 1. The molecule has 0 aliphatic heterocycles. The summed E-state index contributed by atoms with van der Waals surface area (Å²) in [6, 6.07) is 6.29. The van der Waals surface area contributed by atoms with Crippen LogP contribution in [0.25, 0.3) is 0 Å². The molecular weight excluding hydrogens is 225 g/mol. The van der Waals surface area contributed by atoms with Gasteiger partial charge < -0.3 is 10.3 Å². The van der Waals surface area contributed by atoms with Gasteiger partial charge in [-0.1, -0.05) is 24.4 Å². The maximum absolute atomic E-state index is 12.7. The highest BCUT2D eigenvalue weighted by atomic mass is 32.1. The molecule has 82 valence electrons. The Balaban J connectivity index is 2.23. The van der Waals surface area contributed by atoms with E-state index in [9.17, 15) is 4.39 Å². The molecule has 0 saturated carbocycles. The molecule has 16 heavy (non-hydrogen) atoms. The van der Waals surface area contributed by atoms with Crippen molar-refractivity contribution in [2.45, 2.75) is 6.54 Å². The summed E-state index contributed by atoms with van der Waals surface area (Å²) in [6.45, 7) is 0.576. The van der Waals surface area contributed by atoms with E-state index in [1.54, 1.807) is 24.5 Å². The Morgan fingerprint density at radius 3 is 2.69 bits per heavy atom. The van der Waals surface area contributed by atoms with E-state index < -0.39 is 0 Å². The zero-order valence-electron chi connectivity index (χ0n) is 8.43. The second kappa shape index (κ2) is 4.40. The molecular formula is C11H10FN3S. The Morgan fingerprint density at radius 2 is 2.06 bits per heavy atom. The van der Waals surface area contributed by atoms with E-state index in [1.165, 1.54) is 12.1 Å². The highest BCUT2D eigenvalue weighted by molar-refractivity contribution is 7.80. The van der Waals surface area contributed by atoms with Crippen LogP contribution >= 0.6 is 12.2 Å². The van der Waals surface area contributed by atoms with Gasteiger partial charge in [0.25, 0.3) is 0 Å². The van der Waals surface area contributed by atoms with E-state index in [1.807, 2.05) is 4.57 Å². The van der Waals surface area contributed by atoms with Crippen molar-refractivity contribution in [1.29, 1.82) is 0 Å². The molecule has 1 aromatic carbocycles. The number of nitrogens with zero attached hydrogens (tertiary/aromatic N) is 2. The maximum atomic E-state index is 12.7. The predicted octanol–water partition coefficient (Wildman–Crippen LogP) is 1.70. The summed E-state index contributed by atoms with van der Waals surface area (Å²) in [7, 11) is 0. The van der Waals surface area contributed by atoms with E-state index in [-0.39, 0.29) is 10.8 Å². The summed E-state index contributed by atoms with van der Waals surface area (Å²) in [5, 5.41) is 0. The summed E-state index contributed by atoms with van der Waals surface area (Å²) in [6.07, 6.45) is 3.43. The van der Waals surface area contributed by atoms with Crippen LogP contribution in [-0.2, 0) is 6.54 Å². The van der Waals surface area contributed by atoms with Gasteiger partial charge in [-0.15, -0.1) is 0 Å². The van der Waals surface area contributed by atoms with Gasteiger partial charge in [-0.05, 0) is 17.7 Å². The molecule has 0 spiro atoms. The van der Waals surface area contributed by atoms with Gasteiger partial charge in [-0.2, -0.15) is 0 Å². The summed E-state index contributed by atoms with van der Waals surface area (Å²) < 4.78 is 14.5.